The molecule has 0 aliphatic heterocycles. The lowest BCUT2D eigenvalue weighted by atomic mass is 10.4. The standard InChI is InChI=1S/C13H18ClNOS.C2H2O4/c1-2-7-15-8-9-16-10-11-17-13-5-3-12(14)4-6-13;3-1(4)2(5)6/h2-6,15H,1,7-11H2;(H,3,4)(H,5,6). The van der Waals surface area contributed by atoms with Crippen molar-refractivity contribution in [1.29, 1.82) is 0 Å². The molecule has 0 aromatic heterocycles. The lowest BCUT2D eigenvalue weighted by molar-refractivity contribution is -0.159. The van der Waals surface area contributed by atoms with Crippen LogP contribution in [0, 0.1) is 0 Å². The molecule has 0 bridgehead atoms. The summed E-state index contributed by atoms with van der Waals surface area (Å²) < 4.78 is 5.48. The summed E-state index contributed by atoms with van der Waals surface area (Å²) in [7, 11) is 0. The number of thioether (sulfide) groups is 1. The van der Waals surface area contributed by atoms with Gasteiger partial charge in [0.1, 0.15) is 0 Å². The summed E-state index contributed by atoms with van der Waals surface area (Å²) in [5, 5.41) is 18.7. The maximum absolute atomic E-state index is 9.10. The third-order valence-corrected chi connectivity index (χ3v) is 3.43. The molecule has 3 N–H and O–H groups in total. The zero-order valence-corrected chi connectivity index (χ0v) is 14.1. The molecule has 0 amide bonds. The van der Waals surface area contributed by atoms with E-state index in [2.05, 4.69) is 11.9 Å². The second kappa shape index (κ2) is 14.1. The summed E-state index contributed by atoms with van der Waals surface area (Å²) in [4.78, 5) is 19.4. The van der Waals surface area contributed by atoms with Crippen molar-refractivity contribution in [1.82, 2.24) is 5.32 Å². The highest BCUT2D eigenvalue weighted by Crippen LogP contribution is 2.19. The van der Waals surface area contributed by atoms with Crippen LogP contribution in [0.3, 0.4) is 0 Å². The van der Waals surface area contributed by atoms with Crippen molar-refractivity contribution < 1.29 is 24.5 Å². The van der Waals surface area contributed by atoms with Crippen molar-refractivity contribution >= 4 is 35.3 Å². The van der Waals surface area contributed by atoms with E-state index in [4.69, 9.17) is 36.1 Å². The third-order valence-electron chi connectivity index (χ3n) is 2.20. The Balaban J connectivity index is 0.000000688. The maximum atomic E-state index is 9.10. The Labute approximate surface area is 144 Å². The van der Waals surface area contributed by atoms with Gasteiger partial charge in [-0.25, -0.2) is 9.59 Å². The predicted molar refractivity (Wildman–Crippen MR) is 91.3 cm³/mol. The van der Waals surface area contributed by atoms with Crippen LogP contribution in [0.25, 0.3) is 0 Å². The minimum Gasteiger partial charge on any atom is -0.473 e. The molecule has 6 nitrogen and oxygen atoms in total. The first-order valence-electron chi connectivity index (χ1n) is 6.71. The minimum absolute atomic E-state index is 0.745. The molecule has 1 aromatic carbocycles. The number of carboxylic acids is 2. The number of hydrogen-bond donors (Lipinski definition) is 3. The molecule has 0 aliphatic carbocycles. The maximum Gasteiger partial charge on any atom is 0.414 e. The fourth-order valence-electron chi connectivity index (χ4n) is 1.20. The highest BCUT2D eigenvalue weighted by Gasteiger charge is 2.04. The quantitative estimate of drug-likeness (QED) is 0.269. The molecule has 0 spiro atoms. The minimum atomic E-state index is -1.82. The van der Waals surface area contributed by atoms with Crippen molar-refractivity contribution in [2.45, 2.75) is 4.90 Å². The number of carboxylic acid groups (broad SMARTS) is 2. The van der Waals surface area contributed by atoms with E-state index in [0.29, 0.717) is 0 Å². The first-order valence-corrected chi connectivity index (χ1v) is 8.07. The lowest BCUT2D eigenvalue weighted by Gasteiger charge is -2.05. The largest absolute Gasteiger partial charge is 0.473 e. The first kappa shape index (κ1) is 21.5. The van der Waals surface area contributed by atoms with Gasteiger partial charge in [0, 0.05) is 28.8 Å². The highest BCUT2D eigenvalue weighted by atomic mass is 35.5. The highest BCUT2D eigenvalue weighted by molar-refractivity contribution is 7.99. The molecule has 0 unspecified atom stereocenters. The van der Waals surface area contributed by atoms with Gasteiger partial charge in [0.2, 0.25) is 0 Å². The van der Waals surface area contributed by atoms with Crippen molar-refractivity contribution in [3.05, 3.63) is 41.9 Å². The topological polar surface area (TPSA) is 95.9 Å². The fraction of sp³-hybridized carbons (Fsp3) is 0.333. The van der Waals surface area contributed by atoms with Crippen LogP contribution in [0.1, 0.15) is 0 Å². The van der Waals surface area contributed by atoms with Gasteiger partial charge in [-0.1, -0.05) is 17.7 Å². The Morgan fingerprint density at radius 3 is 2.35 bits per heavy atom. The number of hydrogen-bond acceptors (Lipinski definition) is 5. The second-order valence-corrected chi connectivity index (χ2v) is 5.62. The van der Waals surface area contributed by atoms with Gasteiger partial charge >= 0.3 is 11.9 Å². The van der Waals surface area contributed by atoms with Crippen molar-refractivity contribution in [3.63, 3.8) is 0 Å². The zero-order valence-electron chi connectivity index (χ0n) is 12.5. The van der Waals surface area contributed by atoms with E-state index in [1.54, 1.807) is 11.8 Å². The molecule has 23 heavy (non-hydrogen) atoms. The van der Waals surface area contributed by atoms with E-state index >= 15 is 0 Å². The van der Waals surface area contributed by atoms with E-state index in [1.165, 1.54) is 4.90 Å². The summed E-state index contributed by atoms with van der Waals surface area (Å²) in [6.07, 6.45) is 1.84. The monoisotopic (exact) mass is 361 g/mol. The normalized spacial score (nSPS) is 9.61. The molecule has 0 saturated carbocycles. The van der Waals surface area contributed by atoms with Gasteiger partial charge in [0.15, 0.2) is 0 Å². The van der Waals surface area contributed by atoms with Crippen LogP contribution in [0.2, 0.25) is 5.02 Å². The van der Waals surface area contributed by atoms with Crippen LogP contribution in [0.5, 0.6) is 0 Å². The summed E-state index contributed by atoms with van der Waals surface area (Å²) >= 11 is 7.59. The van der Waals surface area contributed by atoms with Crippen LogP contribution < -0.4 is 5.32 Å². The second-order valence-electron chi connectivity index (χ2n) is 4.02. The van der Waals surface area contributed by atoms with Gasteiger partial charge in [-0.15, -0.1) is 18.3 Å². The van der Waals surface area contributed by atoms with Crippen LogP contribution in [-0.2, 0) is 14.3 Å². The van der Waals surface area contributed by atoms with Gasteiger partial charge in [-0.2, -0.15) is 0 Å². The molecule has 8 heteroatoms. The smallest absolute Gasteiger partial charge is 0.414 e. The van der Waals surface area contributed by atoms with Crippen LogP contribution in [-0.4, -0.2) is 54.2 Å². The Kier molecular flexibility index (Phi) is 13.1. The number of rotatable bonds is 9. The summed E-state index contributed by atoms with van der Waals surface area (Å²) in [5.41, 5.74) is 0. The molecule has 0 atom stereocenters. The van der Waals surface area contributed by atoms with Gasteiger partial charge in [0.05, 0.1) is 13.2 Å². The Bertz CT molecular complexity index is 469. The molecule has 0 saturated heterocycles. The number of aliphatic carboxylic acids is 2. The van der Waals surface area contributed by atoms with Crippen LogP contribution in [0.4, 0.5) is 0 Å². The molecule has 1 rings (SSSR count). The van der Waals surface area contributed by atoms with Gasteiger partial charge in [0.25, 0.3) is 0 Å². The van der Waals surface area contributed by atoms with Gasteiger partial charge in [-0.3, -0.25) is 0 Å². The van der Waals surface area contributed by atoms with Crippen LogP contribution >= 0.6 is 23.4 Å². The Morgan fingerprint density at radius 1 is 1.22 bits per heavy atom. The van der Waals surface area contributed by atoms with E-state index in [-0.39, 0.29) is 0 Å². The average molecular weight is 362 g/mol. The van der Waals surface area contributed by atoms with Crippen molar-refractivity contribution in [3.8, 4) is 0 Å². The van der Waals surface area contributed by atoms with E-state index < -0.39 is 11.9 Å². The molecule has 0 aliphatic rings. The molecular weight excluding hydrogens is 342 g/mol. The van der Waals surface area contributed by atoms with Crippen LogP contribution in [0.15, 0.2) is 41.8 Å². The number of benzene rings is 1. The number of carbonyl (C=O) groups is 2. The Morgan fingerprint density at radius 2 is 1.83 bits per heavy atom. The zero-order chi connectivity index (χ0) is 17.5. The molecule has 0 heterocycles. The molecule has 0 radical (unpaired) electrons. The van der Waals surface area contributed by atoms with Crippen molar-refractivity contribution in [2.24, 2.45) is 0 Å². The summed E-state index contributed by atoms with van der Waals surface area (Å²) in [6.45, 7) is 6.85. The molecule has 0 fully saturated rings. The third kappa shape index (κ3) is 13.8. The summed E-state index contributed by atoms with van der Waals surface area (Å²) in [5.74, 6) is -2.69. The fourth-order valence-corrected chi connectivity index (χ4v) is 2.09. The summed E-state index contributed by atoms with van der Waals surface area (Å²) in [6, 6.07) is 7.87. The van der Waals surface area contributed by atoms with Gasteiger partial charge in [-0.05, 0) is 24.3 Å². The lowest BCUT2D eigenvalue weighted by Crippen LogP contribution is -2.19. The predicted octanol–water partition coefficient (Wildman–Crippen LogP) is 2.38. The average Bonchev–Trinajstić information content (AvgIpc) is 2.52. The Hall–Kier alpha value is -1.54. The molecular formula is C15H20ClNO5S. The molecule has 1 aromatic rings. The SMILES string of the molecule is C=CCNCCOCCSc1ccc(Cl)cc1.O=C(O)C(=O)O. The number of ether oxygens (including phenoxy) is 1. The first-order chi connectivity index (χ1) is 11.0. The van der Waals surface area contributed by atoms with E-state index in [1.807, 2.05) is 30.3 Å². The van der Waals surface area contributed by atoms with E-state index in [0.717, 1.165) is 37.1 Å². The van der Waals surface area contributed by atoms with Gasteiger partial charge < -0.3 is 20.3 Å². The number of nitrogens with one attached hydrogen (secondary N) is 1. The number of halogens is 1. The van der Waals surface area contributed by atoms with E-state index in [9.17, 15) is 0 Å². The molecule has 128 valence electrons. The van der Waals surface area contributed by atoms with Crippen molar-refractivity contribution in [2.75, 3.05) is 32.1 Å².